The van der Waals surface area contributed by atoms with Gasteiger partial charge in [-0.2, -0.15) is 0 Å². The summed E-state index contributed by atoms with van der Waals surface area (Å²) in [5.41, 5.74) is 1.10. The lowest BCUT2D eigenvalue weighted by Gasteiger charge is -2.17. The minimum Gasteiger partial charge on any atom is -0.392 e. The van der Waals surface area contributed by atoms with Crippen LogP contribution in [0.15, 0.2) is 23.2 Å². The highest BCUT2D eigenvalue weighted by molar-refractivity contribution is 8.00. The molecule has 3 atom stereocenters. The molecule has 0 aliphatic heterocycles. The van der Waals surface area contributed by atoms with E-state index in [-0.39, 0.29) is 11.4 Å². The molecule has 1 aromatic rings. The Balaban J connectivity index is 2.64. The van der Waals surface area contributed by atoms with E-state index in [0.29, 0.717) is 6.04 Å². The Hall–Kier alpha value is -0.580. The lowest BCUT2D eigenvalue weighted by Crippen LogP contribution is -2.22. The molecule has 0 bridgehead atoms. The molecule has 1 aromatic heterocycles. The van der Waals surface area contributed by atoms with Crippen LogP contribution in [0.2, 0.25) is 0 Å². The quantitative estimate of drug-likeness (QED) is 0.717. The summed E-state index contributed by atoms with van der Waals surface area (Å²) in [6.07, 6.45) is 3.79. The van der Waals surface area contributed by atoms with Gasteiger partial charge in [-0.05, 0) is 38.4 Å². The van der Waals surface area contributed by atoms with Crippen LogP contribution in [-0.4, -0.2) is 28.0 Å². The Morgan fingerprint density at radius 3 is 2.53 bits per heavy atom. The predicted molar refractivity (Wildman–Crippen MR) is 82.6 cm³/mol. The molecule has 4 heteroatoms. The van der Waals surface area contributed by atoms with Gasteiger partial charge in [0.15, 0.2) is 0 Å². The number of hydrogen-bond donors (Lipinski definition) is 2. The van der Waals surface area contributed by atoms with Crippen LogP contribution in [0.1, 0.15) is 52.3 Å². The highest BCUT2D eigenvalue weighted by Gasteiger charge is 2.12. The molecule has 0 radical (unpaired) electrons. The fourth-order valence-electron chi connectivity index (χ4n) is 1.76. The smallest absolute Gasteiger partial charge is 0.0631 e. The Morgan fingerprint density at radius 1 is 1.32 bits per heavy atom. The monoisotopic (exact) mass is 282 g/mol. The van der Waals surface area contributed by atoms with Crippen molar-refractivity contribution in [1.29, 1.82) is 0 Å². The summed E-state index contributed by atoms with van der Waals surface area (Å²) in [7, 11) is 0. The highest BCUT2D eigenvalue weighted by atomic mass is 32.2. The Bertz CT molecular complexity index is 354. The summed E-state index contributed by atoms with van der Waals surface area (Å²) >= 11 is 1.66. The number of nitrogens with zero attached hydrogens (tertiary/aromatic N) is 1. The maximum atomic E-state index is 9.51. The maximum Gasteiger partial charge on any atom is 0.0631 e. The minimum atomic E-state index is -0.306. The van der Waals surface area contributed by atoms with Crippen molar-refractivity contribution in [1.82, 2.24) is 10.3 Å². The van der Waals surface area contributed by atoms with E-state index in [0.717, 1.165) is 30.0 Å². The van der Waals surface area contributed by atoms with Crippen LogP contribution < -0.4 is 5.32 Å². The van der Waals surface area contributed by atoms with Gasteiger partial charge in [0.25, 0.3) is 0 Å². The van der Waals surface area contributed by atoms with E-state index >= 15 is 0 Å². The molecule has 1 rings (SSSR count). The summed E-state index contributed by atoms with van der Waals surface area (Å²) in [5.74, 6) is 0. The average molecular weight is 282 g/mol. The molecule has 0 saturated heterocycles. The number of rotatable bonds is 8. The van der Waals surface area contributed by atoms with Crippen LogP contribution in [0.3, 0.4) is 0 Å². The van der Waals surface area contributed by atoms with Crippen molar-refractivity contribution in [2.75, 3.05) is 6.54 Å². The number of aliphatic hydroxyl groups excluding tert-OH is 1. The van der Waals surface area contributed by atoms with Gasteiger partial charge in [0, 0.05) is 22.4 Å². The molecule has 0 spiro atoms. The first-order valence-corrected chi connectivity index (χ1v) is 8.00. The summed E-state index contributed by atoms with van der Waals surface area (Å²) in [5, 5.41) is 13.2. The fraction of sp³-hybridized carbons (Fsp3) is 0.667. The third kappa shape index (κ3) is 5.51. The second kappa shape index (κ2) is 8.56. The summed E-state index contributed by atoms with van der Waals surface area (Å²) in [4.78, 5) is 5.66. The van der Waals surface area contributed by atoms with Crippen molar-refractivity contribution < 1.29 is 5.11 Å². The molecule has 0 amide bonds. The third-order valence-corrected chi connectivity index (χ3v) is 4.45. The van der Waals surface area contributed by atoms with Gasteiger partial charge in [-0.25, -0.2) is 0 Å². The molecule has 0 saturated carbocycles. The first-order chi connectivity index (χ1) is 9.08. The van der Waals surface area contributed by atoms with Gasteiger partial charge in [-0.15, -0.1) is 11.8 Å². The molecule has 2 N–H and O–H groups in total. The van der Waals surface area contributed by atoms with Crippen LogP contribution in [0, 0.1) is 0 Å². The van der Waals surface area contributed by atoms with Crippen LogP contribution in [0.4, 0.5) is 0 Å². The Morgan fingerprint density at radius 2 is 2.05 bits per heavy atom. The number of aromatic nitrogens is 1. The molecular formula is C15H26N2OS. The van der Waals surface area contributed by atoms with Crippen molar-refractivity contribution in [2.24, 2.45) is 0 Å². The van der Waals surface area contributed by atoms with Crippen LogP contribution in [0.25, 0.3) is 0 Å². The second-order valence-corrected chi connectivity index (χ2v) is 6.35. The zero-order chi connectivity index (χ0) is 14.3. The molecule has 19 heavy (non-hydrogen) atoms. The number of pyridine rings is 1. The molecule has 0 fully saturated rings. The zero-order valence-corrected chi connectivity index (χ0v) is 13.2. The van der Waals surface area contributed by atoms with Crippen molar-refractivity contribution in [3.05, 3.63) is 24.0 Å². The molecule has 108 valence electrons. The van der Waals surface area contributed by atoms with Gasteiger partial charge in [-0.3, -0.25) is 4.98 Å². The molecule has 1 heterocycles. The molecule has 3 unspecified atom stereocenters. The first kappa shape index (κ1) is 16.5. The van der Waals surface area contributed by atoms with Crippen molar-refractivity contribution in [3.63, 3.8) is 0 Å². The molecule has 3 nitrogen and oxygen atoms in total. The largest absolute Gasteiger partial charge is 0.392 e. The van der Waals surface area contributed by atoms with Gasteiger partial charge in [0.2, 0.25) is 0 Å². The minimum absolute atomic E-state index is 0.188. The standard InChI is InChI=1S/C15H26N2OS/c1-5-9-16-14(6-2)15-8-7-13(10-17-15)19-12(4)11(3)18/h7-8,10-12,14,16,18H,5-6,9H2,1-4H3. The summed E-state index contributed by atoms with van der Waals surface area (Å²) in [6.45, 7) is 9.22. The van der Waals surface area contributed by atoms with Gasteiger partial charge in [-0.1, -0.05) is 20.8 Å². The van der Waals surface area contributed by atoms with E-state index < -0.39 is 0 Å². The lowest BCUT2D eigenvalue weighted by atomic mass is 10.1. The zero-order valence-electron chi connectivity index (χ0n) is 12.4. The van der Waals surface area contributed by atoms with Crippen molar-refractivity contribution in [2.45, 2.75) is 62.8 Å². The number of thioether (sulfide) groups is 1. The first-order valence-electron chi connectivity index (χ1n) is 7.12. The molecular weight excluding hydrogens is 256 g/mol. The summed E-state index contributed by atoms with van der Waals surface area (Å²) in [6, 6.07) is 4.53. The maximum absolute atomic E-state index is 9.51. The molecule has 0 aliphatic carbocycles. The van der Waals surface area contributed by atoms with E-state index in [2.05, 4.69) is 36.3 Å². The van der Waals surface area contributed by atoms with Crippen molar-refractivity contribution in [3.8, 4) is 0 Å². The number of aliphatic hydroxyl groups is 1. The van der Waals surface area contributed by atoms with E-state index in [4.69, 9.17) is 0 Å². The highest BCUT2D eigenvalue weighted by Crippen LogP contribution is 2.25. The second-order valence-electron chi connectivity index (χ2n) is 4.90. The van der Waals surface area contributed by atoms with E-state index in [1.807, 2.05) is 20.0 Å². The van der Waals surface area contributed by atoms with Crippen LogP contribution >= 0.6 is 11.8 Å². The van der Waals surface area contributed by atoms with E-state index in [9.17, 15) is 5.11 Å². The summed E-state index contributed by atoms with van der Waals surface area (Å²) < 4.78 is 0. The van der Waals surface area contributed by atoms with E-state index in [1.165, 1.54) is 0 Å². The SMILES string of the molecule is CCCNC(CC)c1ccc(SC(C)C(C)O)cn1. The Labute approximate surface area is 121 Å². The average Bonchev–Trinajstić information content (AvgIpc) is 2.41. The molecule has 0 aliphatic rings. The lowest BCUT2D eigenvalue weighted by molar-refractivity contribution is 0.196. The number of nitrogens with one attached hydrogen (secondary N) is 1. The van der Waals surface area contributed by atoms with Gasteiger partial charge in [0.1, 0.15) is 0 Å². The topological polar surface area (TPSA) is 45.1 Å². The van der Waals surface area contributed by atoms with Crippen LogP contribution in [0.5, 0.6) is 0 Å². The molecule has 0 aromatic carbocycles. The predicted octanol–water partition coefficient (Wildman–Crippen LogP) is 3.39. The van der Waals surface area contributed by atoms with Gasteiger partial charge >= 0.3 is 0 Å². The normalized spacial score (nSPS) is 16.1. The van der Waals surface area contributed by atoms with Crippen molar-refractivity contribution >= 4 is 11.8 Å². The number of hydrogen-bond acceptors (Lipinski definition) is 4. The third-order valence-electron chi connectivity index (χ3n) is 3.17. The fourth-order valence-corrected chi connectivity index (χ4v) is 2.64. The van der Waals surface area contributed by atoms with Crippen LogP contribution in [-0.2, 0) is 0 Å². The van der Waals surface area contributed by atoms with Gasteiger partial charge < -0.3 is 10.4 Å². The Kier molecular flexibility index (Phi) is 7.42. The van der Waals surface area contributed by atoms with E-state index in [1.54, 1.807) is 11.8 Å². The van der Waals surface area contributed by atoms with Gasteiger partial charge in [0.05, 0.1) is 11.8 Å².